The number of nitrogens with zero attached hydrogens (tertiary/aromatic N) is 8. The molecule has 0 amide bonds. The van der Waals surface area contributed by atoms with Crippen LogP contribution in [-0.4, -0.2) is 52.8 Å². The zero-order chi connectivity index (χ0) is 24.0. The normalized spacial score (nSPS) is 16.2. The van der Waals surface area contributed by atoms with Crippen molar-refractivity contribution in [2.75, 3.05) is 18.0 Å². The Hall–Kier alpha value is -3.91. The fourth-order valence-corrected chi connectivity index (χ4v) is 4.61. The van der Waals surface area contributed by atoms with Crippen molar-refractivity contribution in [1.29, 1.82) is 0 Å². The average molecular weight is 462 g/mol. The number of benzene rings is 1. The number of anilines is 1. The fraction of sp³-hybridized carbons (Fsp3) is 0.435. The molecule has 0 aliphatic carbocycles. The minimum atomic E-state index is -0.426. The maximum absolute atomic E-state index is 13.7. The zero-order valence-corrected chi connectivity index (χ0v) is 19.5. The molecule has 0 bridgehead atoms. The van der Waals surface area contributed by atoms with Crippen molar-refractivity contribution < 1.29 is 0 Å². The molecule has 2 N–H and O–H groups in total. The largest absolute Gasteiger partial charge is 0.341 e. The van der Waals surface area contributed by atoms with E-state index in [0.717, 1.165) is 30.5 Å². The van der Waals surface area contributed by atoms with Crippen LogP contribution in [0, 0.1) is 11.8 Å². The van der Waals surface area contributed by atoms with Crippen LogP contribution in [0.1, 0.15) is 25.3 Å². The number of aryl methyl sites for hydroxylation is 2. The van der Waals surface area contributed by atoms with Crippen LogP contribution < -0.4 is 21.9 Å². The number of hydrogen-bond acceptors (Lipinski definition) is 7. The first-order chi connectivity index (χ1) is 16.4. The van der Waals surface area contributed by atoms with Gasteiger partial charge in [-0.2, -0.15) is 4.98 Å². The van der Waals surface area contributed by atoms with E-state index in [-0.39, 0.29) is 12.6 Å². The molecule has 4 heterocycles. The summed E-state index contributed by atoms with van der Waals surface area (Å²) in [5, 5.41) is 8.16. The van der Waals surface area contributed by atoms with E-state index in [2.05, 4.69) is 27.1 Å². The van der Waals surface area contributed by atoms with E-state index in [9.17, 15) is 9.59 Å². The molecule has 1 aromatic carbocycles. The van der Waals surface area contributed by atoms with Gasteiger partial charge in [0.1, 0.15) is 5.52 Å². The van der Waals surface area contributed by atoms with Crippen LogP contribution in [0.25, 0.3) is 22.2 Å². The smallest absolute Gasteiger partial charge is 0.332 e. The number of nitrogens with two attached hydrogens (primary N) is 1. The molecule has 4 aromatic rings. The van der Waals surface area contributed by atoms with Crippen LogP contribution in [0.15, 0.2) is 27.8 Å². The van der Waals surface area contributed by atoms with Gasteiger partial charge in [-0.1, -0.05) is 17.2 Å². The number of aromatic nitrogens is 7. The summed E-state index contributed by atoms with van der Waals surface area (Å²) in [5.74, 6) is 6.57. The van der Waals surface area contributed by atoms with Crippen LogP contribution >= 0.6 is 0 Å². The summed E-state index contributed by atoms with van der Waals surface area (Å²) in [6.07, 6.45) is 1.89. The Morgan fingerprint density at radius 3 is 2.79 bits per heavy atom. The molecule has 0 saturated carbocycles. The fourth-order valence-electron chi connectivity index (χ4n) is 4.61. The molecule has 0 radical (unpaired) electrons. The first-order valence-corrected chi connectivity index (χ1v) is 11.3. The average Bonchev–Trinajstić information content (AvgIpc) is 3.40. The molecule has 11 nitrogen and oxygen atoms in total. The topological polar surface area (TPSA) is 122 Å². The summed E-state index contributed by atoms with van der Waals surface area (Å²) in [6.45, 7) is 3.60. The van der Waals surface area contributed by atoms with Crippen molar-refractivity contribution in [1.82, 2.24) is 33.7 Å². The third kappa shape index (κ3) is 3.56. The monoisotopic (exact) mass is 461 g/mol. The van der Waals surface area contributed by atoms with Gasteiger partial charge in [-0.25, -0.2) is 9.48 Å². The highest BCUT2D eigenvalue weighted by molar-refractivity contribution is 5.76. The molecular formula is C23H27N9O2. The van der Waals surface area contributed by atoms with Crippen molar-refractivity contribution in [3.05, 3.63) is 44.6 Å². The maximum Gasteiger partial charge on any atom is 0.332 e. The molecule has 1 fully saturated rings. The first-order valence-electron chi connectivity index (χ1n) is 11.3. The molecule has 5 rings (SSSR count). The van der Waals surface area contributed by atoms with Crippen LogP contribution in [-0.2, 0) is 27.2 Å². The van der Waals surface area contributed by atoms with Crippen molar-refractivity contribution >= 4 is 28.1 Å². The minimum absolute atomic E-state index is 0.0377. The van der Waals surface area contributed by atoms with Gasteiger partial charge in [0.15, 0.2) is 11.2 Å². The summed E-state index contributed by atoms with van der Waals surface area (Å²) < 4.78 is 6.16. The molecule has 3 aromatic heterocycles. The Balaban J connectivity index is 1.67. The van der Waals surface area contributed by atoms with Crippen molar-refractivity contribution in [2.45, 2.75) is 38.9 Å². The summed E-state index contributed by atoms with van der Waals surface area (Å²) in [7, 11) is 3.46. The van der Waals surface area contributed by atoms with Gasteiger partial charge >= 0.3 is 5.69 Å². The predicted molar refractivity (Wildman–Crippen MR) is 130 cm³/mol. The molecule has 1 aliphatic heterocycles. The standard InChI is InChI=1S/C23H27N9O2/c1-4-5-11-31-19-20(25-22(31)30-10-6-7-16(24)14-30)28(2)23(34)32(21(19)33)13-15-8-9-18-17(12-15)26-27-29(18)3/h8-9,12,16H,6-7,10-11,13-14,24H2,1-3H3. The lowest BCUT2D eigenvalue weighted by Gasteiger charge is -2.31. The van der Waals surface area contributed by atoms with Gasteiger partial charge in [0.25, 0.3) is 5.56 Å². The lowest BCUT2D eigenvalue weighted by atomic mass is 10.1. The maximum atomic E-state index is 13.7. The van der Waals surface area contributed by atoms with E-state index in [0.29, 0.717) is 35.7 Å². The quantitative estimate of drug-likeness (QED) is 0.430. The Labute approximate surface area is 195 Å². The van der Waals surface area contributed by atoms with Crippen LogP contribution in [0.2, 0.25) is 0 Å². The summed E-state index contributed by atoms with van der Waals surface area (Å²) in [5.41, 5.74) is 8.46. The first kappa shape index (κ1) is 21.9. The van der Waals surface area contributed by atoms with Gasteiger partial charge < -0.3 is 10.6 Å². The predicted octanol–water partition coefficient (Wildman–Crippen LogP) is 0.178. The van der Waals surface area contributed by atoms with E-state index in [4.69, 9.17) is 10.7 Å². The molecule has 1 unspecified atom stereocenters. The highest BCUT2D eigenvalue weighted by Crippen LogP contribution is 2.23. The van der Waals surface area contributed by atoms with E-state index >= 15 is 0 Å². The lowest BCUT2D eigenvalue weighted by Crippen LogP contribution is -2.44. The minimum Gasteiger partial charge on any atom is -0.341 e. The Morgan fingerprint density at radius 2 is 2.03 bits per heavy atom. The summed E-state index contributed by atoms with van der Waals surface area (Å²) in [6, 6.07) is 5.65. The Kier molecular flexibility index (Phi) is 5.45. The van der Waals surface area contributed by atoms with Gasteiger partial charge in [-0.05, 0) is 37.5 Å². The van der Waals surface area contributed by atoms with Gasteiger partial charge in [0, 0.05) is 33.2 Å². The molecular weight excluding hydrogens is 434 g/mol. The molecule has 1 atom stereocenters. The van der Waals surface area contributed by atoms with Crippen molar-refractivity contribution in [2.24, 2.45) is 19.8 Å². The number of rotatable bonds is 4. The van der Waals surface area contributed by atoms with E-state index in [1.54, 1.807) is 18.7 Å². The van der Waals surface area contributed by atoms with Crippen LogP contribution in [0.3, 0.4) is 0 Å². The second kappa shape index (κ2) is 8.46. The third-order valence-corrected chi connectivity index (χ3v) is 6.38. The number of fused-ring (bicyclic) bond motifs is 2. The number of piperidine rings is 1. The highest BCUT2D eigenvalue weighted by atomic mass is 16.2. The molecule has 176 valence electrons. The van der Waals surface area contributed by atoms with Gasteiger partial charge in [-0.15, -0.1) is 11.0 Å². The van der Waals surface area contributed by atoms with Crippen molar-refractivity contribution in [3.63, 3.8) is 0 Å². The molecule has 0 spiro atoms. The summed E-state index contributed by atoms with van der Waals surface area (Å²) in [4.78, 5) is 33.7. The molecule has 1 aliphatic rings. The SMILES string of the molecule is CC#CCn1c(N2CCCC(N)C2)nc2c1c(=O)n(Cc1ccc3c(c1)nnn3C)c(=O)n2C. The van der Waals surface area contributed by atoms with Crippen LogP contribution in [0.4, 0.5) is 5.95 Å². The van der Waals surface area contributed by atoms with Crippen molar-refractivity contribution in [3.8, 4) is 11.8 Å². The Bertz CT molecular complexity index is 1580. The highest BCUT2D eigenvalue weighted by Gasteiger charge is 2.26. The van der Waals surface area contributed by atoms with E-state index in [1.165, 1.54) is 9.13 Å². The third-order valence-electron chi connectivity index (χ3n) is 6.38. The van der Waals surface area contributed by atoms with Gasteiger partial charge in [0.05, 0.1) is 18.6 Å². The Morgan fingerprint density at radius 1 is 1.21 bits per heavy atom. The molecule has 34 heavy (non-hydrogen) atoms. The van der Waals surface area contributed by atoms with E-state index < -0.39 is 11.2 Å². The second-order valence-electron chi connectivity index (χ2n) is 8.71. The van der Waals surface area contributed by atoms with Gasteiger partial charge in [-0.3, -0.25) is 18.5 Å². The van der Waals surface area contributed by atoms with Gasteiger partial charge in [0.2, 0.25) is 5.95 Å². The van der Waals surface area contributed by atoms with Crippen LogP contribution in [0.5, 0.6) is 0 Å². The number of hydrogen-bond donors (Lipinski definition) is 1. The molecule has 11 heteroatoms. The number of imidazole rings is 1. The zero-order valence-electron chi connectivity index (χ0n) is 19.5. The molecule has 1 saturated heterocycles. The summed E-state index contributed by atoms with van der Waals surface area (Å²) >= 11 is 0. The lowest BCUT2D eigenvalue weighted by molar-refractivity contribution is 0.496. The second-order valence-corrected chi connectivity index (χ2v) is 8.71. The van der Waals surface area contributed by atoms with E-state index in [1.807, 2.05) is 29.8 Å².